The molecule has 0 saturated heterocycles. The molecule has 2 unspecified atom stereocenters. The number of unbranched alkanes of at least 4 members (excludes halogenated alkanes) is 3. The molecule has 3 N–H and O–H groups in total. The number of aliphatic hydroxyl groups is 1. The zero-order valence-corrected chi connectivity index (χ0v) is 19.5. The van der Waals surface area contributed by atoms with Crippen molar-refractivity contribution in [1.29, 1.82) is 0 Å². The second kappa shape index (κ2) is 19.0. The van der Waals surface area contributed by atoms with Gasteiger partial charge in [0.1, 0.15) is 5.78 Å². The van der Waals surface area contributed by atoms with Crippen LogP contribution in [0.2, 0.25) is 0 Å². The number of Topliss-reactive ketones (excluding diaryl/α,β-unsaturated/α-hetero) is 1. The summed E-state index contributed by atoms with van der Waals surface area (Å²) >= 11 is 0. The Morgan fingerprint density at radius 3 is 1.97 bits per heavy atom. The van der Waals surface area contributed by atoms with Gasteiger partial charge in [-0.3, -0.25) is 14.4 Å². The van der Waals surface area contributed by atoms with E-state index in [0.717, 1.165) is 26.1 Å². The van der Waals surface area contributed by atoms with E-state index in [9.17, 15) is 24.6 Å². The second-order valence-corrected chi connectivity index (χ2v) is 7.37. The lowest BCUT2D eigenvalue weighted by atomic mass is 9.84. The van der Waals surface area contributed by atoms with E-state index in [-0.39, 0.29) is 24.9 Å². The quantitative estimate of drug-likeness (QED) is 0.220. The van der Waals surface area contributed by atoms with Crippen LogP contribution in [0.5, 0.6) is 0 Å². The average Bonchev–Trinajstić information content (AvgIpc) is 3.04. The first-order valence-corrected chi connectivity index (χ1v) is 11.0. The van der Waals surface area contributed by atoms with E-state index in [1.165, 1.54) is 6.92 Å². The average molecular weight is 447 g/mol. The van der Waals surface area contributed by atoms with Crippen LogP contribution in [0, 0.1) is 17.8 Å². The molecule has 1 aliphatic rings. The van der Waals surface area contributed by atoms with Gasteiger partial charge in [0.05, 0.1) is 12.0 Å². The standard InChI is InChI=1S/C15H24O6.C6H14O2.C2H4/c1-9(16)11-8-12(17)10(14(11)15(20)21)6-4-2-3-5-7-13(18)19;1-4-7-6(3)8-5-2;1-2/h9-11,14,16H,2-8H2,1H3,(H,18,19)(H,20,21);6H,4-5H2,1-3H3;1-2H2/t9?,10?,11-,14-;;/m0../s1. The third-order valence-corrected chi connectivity index (χ3v) is 5.11. The fourth-order valence-electron chi connectivity index (χ4n) is 3.69. The van der Waals surface area contributed by atoms with E-state index in [4.69, 9.17) is 14.6 Å². The van der Waals surface area contributed by atoms with Gasteiger partial charge in [-0.2, -0.15) is 0 Å². The summed E-state index contributed by atoms with van der Waals surface area (Å²) in [6.45, 7) is 14.8. The Balaban J connectivity index is 0. The summed E-state index contributed by atoms with van der Waals surface area (Å²) in [5.41, 5.74) is 0. The third kappa shape index (κ3) is 14.0. The molecule has 1 saturated carbocycles. The maximum absolute atomic E-state index is 12.0. The molecule has 4 atom stereocenters. The first kappa shape index (κ1) is 31.4. The minimum atomic E-state index is -1.01. The van der Waals surface area contributed by atoms with E-state index in [2.05, 4.69) is 13.2 Å². The molecule has 182 valence electrons. The van der Waals surface area contributed by atoms with Crippen LogP contribution in [0.15, 0.2) is 13.2 Å². The summed E-state index contributed by atoms with van der Waals surface area (Å²) in [5.74, 6) is -3.70. The van der Waals surface area contributed by atoms with Crippen LogP contribution in [-0.2, 0) is 23.9 Å². The molecule has 1 rings (SSSR count). The smallest absolute Gasteiger partial charge is 0.307 e. The highest BCUT2D eigenvalue weighted by molar-refractivity contribution is 5.90. The van der Waals surface area contributed by atoms with Gasteiger partial charge in [-0.05, 0) is 40.5 Å². The van der Waals surface area contributed by atoms with Gasteiger partial charge in [-0.1, -0.05) is 19.3 Å². The van der Waals surface area contributed by atoms with Crippen LogP contribution >= 0.6 is 0 Å². The van der Waals surface area contributed by atoms with Gasteiger partial charge in [-0.15, -0.1) is 13.2 Å². The minimum Gasteiger partial charge on any atom is -0.481 e. The molecule has 0 amide bonds. The van der Waals surface area contributed by atoms with Crippen molar-refractivity contribution in [3.8, 4) is 0 Å². The predicted octanol–water partition coefficient (Wildman–Crippen LogP) is 3.91. The van der Waals surface area contributed by atoms with Crippen LogP contribution in [0.1, 0.15) is 72.6 Å². The number of carbonyl (C=O) groups excluding carboxylic acids is 1. The number of ether oxygens (including phenoxy) is 2. The zero-order chi connectivity index (χ0) is 24.4. The highest BCUT2D eigenvalue weighted by atomic mass is 16.7. The maximum Gasteiger partial charge on any atom is 0.307 e. The number of rotatable bonds is 13. The molecule has 1 fully saturated rings. The first-order chi connectivity index (χ1) is 14.6. The number of carbonyl (C=O) groups is 3. The van der Waals surface area contributed by atoms with E-state index in [1.807, 2.05) is 20.8 Å². The molecule has 0 aromatic rings. The van der Waals surface area contributed by atoms with Crippen LogP contribution in [0.4, 0.5) is 0 Å². The summed E-state index contributed by atoms with van der Waals surface area (Å²) in [5, 5.41) is 27.4. The van der Waals surface area contributed by atoms with Crippen molar-refractivity contribution in [2.24, 2.45) is 17.8 Å². The van der Waals surface area contributed by atoms with Gasteiger partial charge in [-0.25, -0.2) is 0 Å². The molecule has 31 heavy (non-hydrogen) atoms. The van der Waals surface area contributed by atoms with Crippen molar-refractivity contribution in [3.63, 3.8) is 0 Å². The fraction of sp³-hybridized carbons (Fsp3) is 0.783. The van der Waals surface area contributed by atoms with Gasteiger partial charge in [0.15, 0.2) is 6.29 Å². The number of hydrogen-bond acceptors (Lipinski definition) is 6. The SMILES string of the molecule is C=C.CC(O)[C@@H]1CC(=O)C(CCCCCCC(=O)O)[C@@H]1C(=O)O.CCOC(C)OCC. The van der Waals surface area contributed by atoms with E-state index in [1.54, 1.807) is 0 Å². The molecular formula is C23H42O8. The van der Waals surface area contributed by atoms with E-state index < -0.39 is 35.8 Å². The van der Waals surface area contributed by atoms with Crippen LogP contribution in [0.3, 0.4) is 0 Å². The number of carboxylic acids is 2. The fourth-order valence-corrected chi connectivity index (χ4v) is 3.69. The van der Waals surface area contributed by atoms with Crippen molar-refractivity contribution < 1.29 is 39.2 Å². The van der Waals surface area contributed by atoms with Crippen LogP contribution in [-0.4, -0.2) is 58.6 Å². The molecule has 0 aromatic carbocycles. The van der Waals surface area contributed by atoms with Crippen molar-refractivity contribution in [2.45, 2.75) is 85.0 Å². The number of carboxylic acid groups (broad SMARTS) is 2. The topological polar surface area (TPSA) is 130 Å². The number of aliphatic carboxylic acids is 2. The van der Waals surface area contributed by atoms with Crippen molar-refractivity contribution in [1.82, 2.24) is 0 Å². The van der Waals surface area contributed by atoms with Gasteiger partial charge in [0.2, 0.25) is 0 Å². The monoisotopic (exact) mass is 446 g/mol. The van der Waals surface area contributed by atoms with Gasteiger partial charge in [0, 0.05) is 37.9 Å². The largest absolute Gasteiger partial charge is 0.481 e. The second-order valence-electron chi connectivity index (χ2n) is 7.37. The van der Waals surface area contributed by atoms with Crippen molar-refractivity contribution >= 4 is 17.7 Å². The molecule has 0 heterocycles. The van der Waals surface area contributed by atoms with Crippen molar-refractivity contribution in [2.75, 3.05) is 13.2 Å². The predicted molar refractivity (Wildman–Crippen MR) is 119 cm³/mol. The van der Waals surface area contributed by atoms with Gasteiger partial charge in [0.25, 0.3) is 0 Å². The molecule has 0 radical (unpaired) electrons. The highest BCUT2D eigenvalue weighted by Crippen LogP contribution is 2.39. The van der Waals surface area contributed by atoms with Gasteiger partial charge >= 0.3 is 11.9 Å². The summed E-state index contributed by atoms with van der Waals surface area (Å²) in [7, 11) is 0. The number of aliphatic hydroxyl groups excluding tert-OH is 1. The van der Waals surface area contributed by atoms with E-state index in [0.29, 0.717) is 19.3 Å². The Hall–Kier alpha value is -1.77. The number of ketones is 1. The van der Waals surface area contributed by atoms with E-state index >= 15 is 0 Å². The van der Waals surface area contributed by atoms with Crippen LogP contribution in [0.25, 0.3) is 0 Å². The van der Waals surface area contributed by atoms with Gasteiger partial charge < -0.3 is 24.8 Å². The molecule has 0 spiro atoms. The molecule has 0 bridgehead atoms. The molecular weight excluding hydrogens is 404 g/mol. The Morgan fingerprint density at radius 2 is 1.55 bits per heavy atom. The normalized spacial score (nSPS) is 21.0. The molecule has 8 heteroatoms. The summed E-state index contributed by atoms with van der Waals surface area (Å²) in [4.78, 5) is 33.7. The van der Waals surface area contributed by atoms with Crippen molar-refractivity contribution in [3.05, 3.63) is 13.2 Å². The highest BCUT2D eigenvalue weighted by Gasteiger charge is 2.47. The maximum atomic E-state index is 12.0. The molecule has 0 aliphatic heterocycles. The Labute approximate surface area is 186 Å². The first-order valence-electron chi connectivity index (χ1n) is 11.0. The lowest BCUT2D eigenvalue weighted by molar-refractivity contribution is -0.147. The third-order valence-electron chi connectivity index (χ3n) is 5.11. The minimum absolute atomic E-state index is 0.0370. The van der Waals surface area contributed by atoms with Crippen LogP contribution < -0.4 is 0 Å². The zero-order valence-electron chi connectivity index (χ0n) is 19.5. The lowest BCUT2D eigenvalue weighted by Gasteiger charge is -2.21. The summed E-state index contributed by atoms with van der Waals surface area (Å²) in [6, 6.07) is 0. The number of hydrogen-bond donors (Lipinski definition) is 3. The Bertz CT molecular complexity index is 500. The Kier molecular flexibility index (Phi) is 19.2. The Morgan fingerprint density at radius 1 is 1.03 bits per heavy atom. The molecule has 8 nitrogen and oxygen atoms in total. The summed E-state index contributed by atoms with van der Waals surface area (Å²) < 4.78 is 10.1. The molecule has 0 aromatic heterocycles. The molecule has 1 aliphatic carbocycles. The lowest BCUT2D eigenvalue weighted by Crippen LogP contribution is -2.31. The summed E-state index contributed by atoms with van der Waals surface area (Å²) in [6.07, 6.45) is 2.83.